The topological polar surface area (TPSA) is 126 Å². The van der Waals surface area contributed by atoms with Gasteiger partial charge in [0.25, 0.3) is 5.91 Å². The number of carbonyl (C=O) groups excluding carboxylic acids is 4. The van der Waals surface area contributed by atoms with Gasteiger partial charge in [0.15, 0.2) is 0 Å². The van der Waals surface area contributed by atoms with Gasteiger partial charge in [-0.1, -0.05) is 17.7 Å². The number of hydrogen-bond acceptors (Lipinski definition) is 4. The number of nitrogens with zero attached hydrogens (tertiary/aromatic N) is 1. The number of hydrogen-bond donors (Lipinski definition) is 3. The first-order valence-corrected chi connectivity index (χ1v) is 10.0. The number of anilines is 1. The molecule has 3 aliphatic heterocycles. The van der Waals surface area contributed by atoms with E-state index in [4.69, 9.17) is 17.3 Å². The molecular formula is C20H24ClN4O4+. The van der Waals surface area contributed by atoms with Crippen LogP contribution in [0, 0.1) is 11.8 Å². The van der Waals surface area contributed by atoms with Crippen LogP contribution in [0.1, 0.15) is 39.2 Å². The molecule has 0 unspecified atom stereocenters. The Bertz CT molecular complexity index is 956. The van der Waals surface area contributed by atoms with Crippen LogP contribution in [0.5, 0.6) is 0 Å². The van der Waals surface area contributed by atoms with Gasteiger partial charge in [-0.15, -0.1) is 0 Å². The van der Waals surface area contributed by atoms with Crippen LogP contribution in [0.4, 0.5) is 5.69 Å². The summed E-state index contributed by atoms with van der Waals surface area (Å²) in [5.41, 5.74) is 4.38. The van der Waals surface area contributed by atoms with Gasteiger partial charge in [0.2, 0.25) is 23.3 Å². The summed E-state index contributed by atoms with van der Waals surface area (Å²) < 4.78 is 0. The zero-order valence-corrected chi connectivity index (χ0v) is 17.2. The smallest absolute Gasteiger partial charge is 0.291 e. The number of carbonyl (C=O) groups is 4. The number of primary amides is 1. The standard InChI is InChI=1S/C20H23ClN4O4/c1-19(2,3)25-16(27)13-11(7-8-12(22)26)24-20(14(13)17(25)28)9-5-4-6-10(21)15(9)23-18(20)29/h4-6,11,13-14,24H,7-8H2,1-3H3,(H2,22,26)(H,23,29)/p+1/t11-,13-,14+,20-/m1/s1. The summed E-state index contributed by atoms with van der Waals surface area (Å²) in [6.45, 7) is 5.37. The Kier molecular flexibility index (Phi) is 4.29. The van der Waals surface area contributed by atoms with Crippen molar-refractivity contribution in [1.82, 2.24) is 4.90 Å². The summed E-state index contributed by atoms with van der Waals surface area (Å²) in [5.74, 6) is -3.11. The second kappa shape index (κ2) is 6.27. The normalized spacial score (nSPS) is 30.7. The van der Waals surface area contributed by atoms with Crippen LogP contribution in [0.15, 0.2) is 18.2 Å². The van der Waals surface area contributed by atoms with E-state index in [1.165, 1.54) is 4.90 Å². The van der Waals surface area contributed by atoms with E-state index in [2.05, 4.69) is 5.32 Å². The minimum Gasteiger partial charge on any atom is -0.370 e. The first-order chi connectivity index (χ1) is 13.5. The van der Waals surface area contributed by atoms with Gasteiger partial charge in [-0.2, -0.15) is 0 Å². The first-order valence-electron chi connectivity index (χ1n) is 9.63. The summed E-state index contributed by atoms with van der Waals surface area (Å²) in [5, 5.41) is 4.96. The SMILES string of the molecule is CC(C)(C)N1C(=O)[C@H]2[C@@H](C1=O)[C@@]1([NH2+][C@@H]2CCC(N)=O)C(=O)Nc2c(Cl)cccc21. The third-order valence-electron chi connectivity index (χ3n) is 6.25. The number of nitrogens with two attached hydrogens (primary N) is 2. The number of halogens is 1. The molecule has 4 amide bonds. The highest BCUT2D eigenvalue weighted by atomic mass is 35.5. The molecule has 2 saturated heterocycles. The maximum atomic E-state index is 13.5. The summed E-state index contributed by atoms with van der Waals surface area (Å²) >= 11 is 6.29. The molecule has 0 aromatic heterocycles. The number of para-hydroxylation sites is 1. The van der Waals surface area contributed by atoms with E-state index >= 15 is 0 Å². The van der Waals surface area contributed by atoms with Crippen molar-refractivity contribution in [2.24, 2.45) is 17.6 Å². The fraction of sp³-hybridized carbons (Fsp3) is 0.500. The minimum atomic E-state index is -1.29. The molecule has 0 bridgehead atoms. The number of nitrogens with one attached hydrogen (secondary N) is 1. The minimum absolute atomic E-state index is 0.0709. The summed E-state index contributed by atoms with van der Waals surface area (Å²) in [6.07, 6.45) is 0.375. The third-order valence-corrected chi connectivity index (χ3v) is 6.56. The van der Waals surface area contributed by atoms with Crippen molar-refractivity contribution >= 4 is 40.9 Å². The average molecular weight is 420 g/mol. The van der Waals surface area contributed by atoms with Crippen molar-refractivity contribution < 1.29 is 24.5 Å². The molecule has 0 saturated carbocycles. The first kappa shape index (κ1) is 19.8. The molecule has 2 fully saturated rings. The molecule has 9 heteroatoms. The predicted molar refractivity (Wildman–Crippen MR) is 104 cm³/mol. The van der Waals surface area contributed by atoms with Crippen molar-refractivity contribution in [2.75, 3.05) is 5.32 Å². The van der Waals surface area contributed by atoms with Gasteiger partial charge in [-0.05, 0) is 32.9 Å². The highest BCUT2D eigenvalue weighted by molar-refractivity contribution is 6.35. The van der Waals surface area contributed by atoms with Gasteiger partial charge < -0.3 is 16.4 Å². The summed E-state index contributed by atoms with van der Waals surface area (Å²) in [4.78, 5) is 52.8. The van der Waals surface area contributed by atoms with Crippen LogP contribution < -0.4 is 16.4 Å². The van der Waals surface area contributed by atoms with Crippen LogP contribution in [-0.4, -0.2) is 40.1 Å². The predicted octanol–water partition coefficient (Wildman–Crippen LogP) is 0.0982. The van der Waals surface area contributed by atoms with Crippen molar-refractivity contribution in [3.05, 3.63) is 28.8 Å². The molecule has 1 aromatic rings. The lowest BCUT2D eigenvalue weighted by atomic mass is 9.76. The Labute approximate surface area is 173 Å². The van der Waals surface area contributed by atoms with Gasteiger partial charge in [-0.3, -0.25) is 24.1 Å². The maximum Gasteiger partial charge on any atom is 0.291 e. The average Bonchev–Trinajstić information content (AvgIpc) is 3.19. The largest absolute Gasteiger partial charge is 0.370 e. The van der Waals surface area contributed by atoms with Crippen molar-refractivity contribution in [3.8, 4) is 0 Å². The van der Waals surface area contributed by atoms with Crippen LogP contribution >= 0.6 is 11.6 Å². The van der Waals surface area contributed by atoms with E-state index in [1.807, 2.05) is 0 Å². The fourth-order valence-corrected chi connectivity index (χ4v) is 5.41. The quantitative estimate of drug-likeness (QED) is 0.600. The lowest BCUT2D eigenvalue weighted by Gasteiger charge is -2.33. The van der Waals surface area contributed by atoms with Crippen LogP contribution in [-0.2, 0) is 24.7 Å². The highest BCUT2D eigenvalue weighted by Gasteiger charge is 2.74. The second-order valence-corrected chi connectivity index (χ2v) is 9.41. The lowest BCUT2D eigenvalue weighted by Crippen LogP contribution is -2.99. The molecule has 29 heavy (non-hydrogen) atoms. The maximum absolute atomic E-state index is 13.5. The molecule has 0 radical (unpaired) electrons. The summed E-state index contributed by atoms with van der Waals surface area (Å²) in [6, 6.07) is 4.73. The molecule has 154 valence electrons. The van der Waals surface area contributed by atoms with Crippen LogP contribution in [0.2, 0.25) is 5.02 Å². The zero-order chi connectivity index (χ0) is 21.3. The number of rotatable bonds is 3. The van der Waals surface area contributed by atoms with Crippen LogP contribution in [0.25, 0.3) is 0 Å². The number of amides is 4. The van der Waals surface area contributed by atoms with Gasteiger partial charge in [-0.25, -0.2) is 0 Å². The van der Waals surface area contributed by atoms with E-state index in [0.29, 0.717) is 22.7 Å². The number of likely N-dealkylation sites (tertiary alicyclic amines) is 1. The highest BCUT2D eigenvalue weighted by Crippen LogP contribution is 2.51. The van der Waals surface area contributed by atoms with Gasteiger partial charge in [0, 0.05) is 23.9 Å². The molecule has 3 heterocycles. The second-order valence-electron chi connectivity index (χ2n) is 9.01. The van der Waals surface area contributed by atoms with E-state index < -0.39 is 34.9 Å². The Morgan fingerprint density at radius 3 is 2.59 bits per heavy atom. The molecular weight excluding hydrogens is 396 g/mol. The number of quaternary nitrogens is 1. The van der Waals surface area contributed by atoms with Gasteiger partial charge in [0.1, 0.15) is 17.9 Å². The molecule has 4 atom stereocenters. The van der Waals surface area contributed by atoms with E-state index in [1.54, 1.807) is 44.3 Å². The van der Waals surface area contributed by atoms with Crippen molar-refractivity contribution in [2.45, 2.75) is 50.7 Å². The Morgan fingerprint density at radius 1 is 1.28 bits per heavy atom. The molecule has 5 N–H and O–H groups in total. The third kappa shape index (κ3) is 2.62. The van der Waals surface area contributed by atoms with Gasteiger partial charge in [0.05, 0.1) is 10.7 Å². The molecule has 1 spiro atoms. The number of benzene rings is 1. The molecule has 8 nitrogen and oxygen atoms in total. The Morgan fingerprint density at radius 2 is 1.97 bits per heavy atom. The zero-order valence-electron chi connectivity index (χ0n) is 16.5. The molecule has 0 aliphatic carbocycles. The van der Waals surface area contributed by atoms with Crippen molar-refractivity contribution in [3.63, 3.8) is 0 Å². The van der Waals surface area contributed by atoms with Crippen molar-refractivity contribution in [1.29, 1.82) is 0 Å². The van der Waals surface area contributed by atoms with E-state index in [-0.39, 0.29) is 24.1 Å². The Hall–Kier alpha value is -2.45. The van der Waals surface area contributed by atoms with Crippen LogP contribution in [0.3, 0.4) is 0 Å². The molecule has 4 rings (SSSR count). The van der Waals surface area contributed by atoms with E-state index in [0.717, 1.165) is 0 Å². The molecule has 3 aliphatic rings. The lowest BCUT2D eigenvalue weighted by molar-refractivity contribution is -0.734. The van der Waals surface area contributed by atoms with Gasteiger partial charge >= 0.3 is 0 Å². The summed E-state index contributed by atoms with van der Waals surface area (Å²) in [7, 11) is 0. The molecule has 1 aromatic carbocycles. The number of fused-ring (bicyclic) bond motifs is 4. The number of imide groups is 1. The Balaban J connectivity index is 1.88. The van der Waals surface area contributed by atoms with E-state index in [9.17, 15) is 19.2 Å². The fourth-order valence-electron chi connectivity index (χ4n) is 5.19. The monoisotopic (exact) mass is 419 g/mol.